The van der Waals surface area contributed by atoms with Gasteiger partial charge in [-0.25, -0.2) is 0 Å². The van der Waals surface area contributed by atoms with Crippen molar-refractivity contribution in [1.29, 1.82) is 0 Å². The number of ether oxygens (including phenoxy) is 1. The van der Waals surface area contributed by atoms with Crippen molar-refractivity contribution in [2.75, 3.05) is 33.9 Å². The maximum atomic E-state index is 14.9. The molecule has 12 heteroatoms. The third-order valence-electron chi connectivity index (χ3n) is 7.93. The summed E-state index contributed by atoms with van der Waals surface area (Å²) < 4.78 is 35.1. The van der Waals surface area contributed by atoms with Gasteiger partial charge >= 0.3 is 0 Å². The number of nitrogens with two attached hydrogens (primary N) is 1. The van der Waals surface area contributed by atoms with Gasteiger partial charge in [0.1, 0.15) is 11.9 Å². The van der Waals surface area contributed by atoms with E-state index in [0.717, 1.165) is 10.4 Å². The fraction of sp³-hybridized carbons (Fsp3) is 0.355. The van der Waals surface area contributed by atoms with E-state index in [1.165, 1.54) is 40.5 Å². The van der Waals surface area contributed by atoms with E-state index in [0.29, 0.717) is 31.0 Å². The largest absolute Gasteiger partial charge is 0.384 e. The number of hydrogen-bond donors (Lipinski definition) is 3. The summed E-state index contributed by atoms with van der Waals surface area (Å²) in [6.07, 6.45) is 0.412. The zero-order chi connectivity index (χ0) is 30.9. The van der Waals surface area contributed by atoms with Gasteiger partial charge in [-0.05, 0) is 42.7 Å². The molecule has 2 aromatic carbocycles. The molecule has 4 N–H and O–H groups in total. The number of rotatable bonds is 9. The van der Waals surface area contributed by atoms with Crippen molar-refractivity contribution in [1.82, 2.24) is 15.5 Å². The van der Waals surface area contributed by atoms with E-state index in [1.807, 2.05) is 18.4 Å². The molecule has 1 aliphatic carbocycles. The summed E-state index contributed by atoms with van der Waals surface area (Å²) in [6, 6.07) is 11.0. The molecular formula is C31H33F2N5O4S. The van der Waals surface area contributed by atoms with Crippen LogP contribution in [0, 0.1) is 5.92 Å². The molecule has 3 amide bonds. The monoisotopic (exact) mass is 609 g/mol. The number of amidine groups is 1. The molecule has 5 rings (SSSR count). The Bertz CT molecular complexity index is 1590. The van der Waals surface area contributed by atoms with E-state index in [2.05, 4.69) is 15.6 Å². The number of alkyl halides is 2. The standard InChI is InChI=1S/C31H33F2N5O4S/c1-17(26-12-20(16-43-26)28(34)35-2)37-30(41)25-10-18(15-42-3)14-38(25)27(39)13-36-29(40)19-8-9-24-22(11-19)21-6-4-5-7-23(21)31(24,32)33/h4-9,11-12,16-18,25H,10,13-15H2,1-3H3,(H2,34,35)(H,36,40)(H,37,41)/t17-,18?,25?/m1/s1. The van der Waals surface area contributed by atoms with E-state index in [9.17, 15) is 23.2 Å². The van der Waals surface area contributed by atoms with Crippen LogP contribution in [0.4, 0.5) is 8.78 Å². The fourth-order valence-electron chi connectivity index (χ4n) is 5.71. The van der Waals surface area contributed by atoms with Crippen LogP contribution >= 0.6 is 11.3 Å². The van der Waals surface area contributed by atoms with Crippen LogP contribution in [0.3, 0.4) is 0 Å². The first kappa shape index (κ1) is 30.3. The lowest BCUT2D eigenvalue weighted by Crippen LogP contribution is -2.49. The molecular weight excluding hydrogens is 576 g/mol. The topological polar surface area (TPSA) is 126 Å². The Morgan fingerprint density at radius 2 is 1.88 bits per heavy atom. The number of nitrogens with zero attached hydrogens (tertiary/aromatic N) is 2. The highest BCUT2D eigenvalue weighted by molar-refractivity contribution is 7.10. The maximum Gasteiger partial charge on any atom is 0.299 e. The van der Waals surface area contributed by atoms with E-state index < -0.39 is 23.8 Å². The summed E-state index contributed by atoms with van der Waals surface area (Å²) >= 11 is 1.45. The lowest BCUT2D eigenvalue weighted by molar-refractivity contribution is -0.138. The molecule has 1 aliphatic heterocycles. The molecule has 9 nitrogen and oxygen atoms in total. The zero-order valence-electron chi connectivity index (χ0n) is 24.0. The second-order valence-corrected chi connectivity index (χ2v) is 11.7. The number of carbonyl (C=O) groups excluding carboxylic acids is 3. The minimum absolute atomic E-state index is 0.0527. The molecule has 2 aliphatic rings. The van der Waals surface area contributed by atoms with Crippen molar-refractivity contribution in [3.63, 3.8) is 0 Å². The molecule has 43 heavy (non-hydrogen) atoms. The Balaban J connectivity index is 1.25. The molecule has 2 unspecified atom stereocenters. The Hall–Kier alpha value is -4.16. The summed E-state index contributed by atoms with van der Waals surface area (Å²) in [5.74, 6) is -4.11. The lowest BCUT2D eigenvalue weighted by atomic mass is 10.0. The molecule has 0 saturated carbocycles. The molecule has 2 heterocycles. The predicted octanol–water partition coefficient (Wildman–Crippen LogP) is 3.67. The number of fused-ring (bicyclic) bond motifs is 3. The van der Waals surface area contributed by atoms with Crippen LogP contribution in [0.1, 0.15) is 51.3 Å². The molecule has 0 spiro atoms. The van der Waals surface area contributed by atoms with E-state index in [4.69, 9.17) is 10.5 Å². The van der Waals surface area contributed by atoms with Gasteiger partial charge in [-0.3, -0.25) is 19.4 Å². The Morgan fingerprint density at radius 1 is 1.14 bits per heavy atom. The second-order valence-electron chi connectivity index (χ2n) is 10.8. The molecule has 226 valence electrons. The van der Waals surface area contributed by atoms with Gasteiger partial charge < -0.3 is 26.0 Å². The van der Waals surface area contributed by atoms with Crippen molar-refractivity contribution in [3.8, 4) is 11.1 Å². The fourth-order valence-corrected chi connectivity index (χ4v) is 6.62. The zero-order valence-corrected chi connectivity index (χ0v) is 24.8. The van der Waals surface area contributed by atoms with Gasteiger partial charge in [0.15, 0.2) is 0 Å². The molecule has 1 saturated heterocycles. The van der Waals surface area contributed by atoms with Gasteiger partial charge in [0.2, 0.25) is 11.8 Å². The summed E-state index contributed by atoms with van der Waals surface area (Å²) in [6.45, 7) is 2.17. The van der Waals surface area contributed by atoms with Crippen molar-refractivity contribution in [2.24, 2.45) is 16.6 Å². The van der Waals surface area contributed by atoms with Gasteiger partial charge in [-0.2, -0.15) is 8.78 Å². The predicted molar refractivity (Wildman–Crippen MR) is 160 cm³/mol. The highest BCUT2D eigenvalue weighted by Crippen LogP contribution is 2.50. The van der Waals surface area contributed by atoms with Gasteiger partial charge in [0.25, 0.3) is 11.8 Å². The molecule has 0 radical (unpaired) electrons. The van der Waals surface area contributed by atoms with Crippen LogP contribution in [-0.2, 0) is 20.2 Å². The van der Waals surface area contributed by atoms with Crippen molar-refractivity contribution < 1.29 is 27.9 Å². The SMILES string of the molecule is C/N=C(/N)c1csc([C@@H](C)NC(=O)C2CC(COC)CN2C(=O)CNC(=O)c2ccc3c(c2)-c2ccccc2C3(F)F)c1. The number of amides is 3. The number of halogens is 2. The minimum atomic E-state index is -3.15. The number of nitrogens with one attached hydrogen (secondary N) is 2. The first-order chi connectivity index (χ1) is 20.5. The van der Waals surface area contributed by atoms with Gasteiger partial charge in [-0.1, -0.05) is 30.3 Å². The van der Waals surface area contributed by atoms with Crippen LogP contribution in [0.2, 0.25) is 0 Å². The summed E-state index contributed by atoms with van der Waals surface area (Å²) in [5.41, 5.74) is 7.23. The number of methoxy groups -OCH3 is 1. The quantitative estimate of drug-likeness (QED) is 0.252. The van der Waals surface area contributed by atoms with E-state index in [1.54, 1.807) is 32.4 Å². The molecule has 3 atom stereocenters. The number of likely N-dealkylation sites (tertiary alicyclic amines) is 1. The highest BCUT2D eigenvalue weighted by Gasteiger charge is 2.44. The third kappa shape index (κ3) is 5.89. The van der Waals surface area contributed by atoms with Gasteiger partial charge in [0, 0.05) is 59.1 Å². The molecule has 1 fully saturated rings. The highest BCUT2D eigenvalue weighted by atomic mass is 32.1. The number of carbonyl (C=O) groups is 3. The molecule has 0 bridgehead atoms. The summed E-state index contributed by atoms with van der Waals surface area (Å²) in [4.78, 5) is 46.0. The van der Waals surface area contributed by atoms with Crippen molar-refractivity contribution >= 4 is 34.9 Å². The van der Waals surface area contributed by atoms with E-state index in [-0.39, 0.29) is 46.7 Å². The summed E-state index contributed by atoms with van der Waals surface area (Å²) in [7, 11) is 3.17. The average molecular weight is 610 g/mol. The smallest absolute Gasteiger partial charge is 0.299 e. The first-order valence-electron chi connectivity index (χ1n) is 13.8. The number of aliphatic imine (C=N–C) groups is 1. The number of benzene rings is 2. The van der Waals surface area contributed by atoms with E-state index >= 15 is 0 Å². The minimum Gasteiger partial charge on any atom is -0.384 e. The van der Waals surface area contributed by atoms with Gasteiger partial charge in [0.05, 0.1) is 19.2 Å². The van der Waals surface area contributed by atoms with Crippen LogP contribution in [0.15, 0.2) is 58.9 Å². The van der Waals surface area contributed by atoms with Crippen LogP contribution in [0.25, 0.3) is 11.1 Å². The number of thiophene rings is 1. The second kappa shape index (κ2) is 12.2. The third-order valence-corrected chi connectivity index (χ3v) is 9.05. The number of hydrogen-bond acceptors (Lipinski definition) is 6. The van der Waals surface area contributed by atoms with Crippen LogP contribution < -0.4 is 16.4 Å². The van der Waals surface area contributed by atoms with Crippen LogP contribution in [-0.4, -0.2) is 68.4 Å². The first-order valence-corrected chi connectivity index (χ1v) is 14.7. The van der Waals surface area contributed by atoms with Crippen molar-refractivity contribution in [3.05, 3.63) is 81.0 Å². The Morgan fingerprint density at radius 3 is 2.63 bits per heavy atom. The normalized spacial score (nSPS) is 19.5. The average Bonchev–Trinajstić information content (AvgIpc) is 3.72. The molecule has 3 aromatic rings. The Kier molecular flexibility index (Phi) is 8.61. The Labute approximate surface area is 252 Å². The lowest BCUT2D eigenvalue weighted by Gasteiger charge is -2.25. The summed E-state index contributed by atoms with van der Waals surface area (Å²) in [5, 5.41) is 7.46. The molecule has 1 aromatic heterocycles. The van der Waals surface area contributed by atoms with Crippen molar-refractivity contribution in [2.45, 2.75) is 31.4 Å². The van der Waals surface area contributed by atoms with Crippen LogP contribution in [0.5, 0.6) is 0 Å². The van der Waals surface area contributed by atoms with Gasteiger partial charge in [-0.15, -0.1) is 11.3 Å². The maximum absolute atomic E-state index is 14.9.